The van der Waals surface area contributed by atoms with E-state index in [9.17, 15) is 27.9 Å². The minimum absolute atomic E-state index is 0.0662. The molecule has 0 radical (unpaired) electrons. The van der Waals surface area contributed by atoms with Gasteiger partial charge in [-0.15, -0.1) is 0 Å². The van der Waals surface area contributed by atoms with Crippen molar-refractivity contribution in [2.75, 3.05) is 19.3 Å². The van der Waals surface area contributed by atoms with Gasteiger partial charge in [-0.2, -0.15) is 11.3 Å². The number of sulfone groups is 1. The van der Waals surface area contributed by atoms with Crippen molar-refractivity contribution in [2.24, 2.45) is 11.8 Å². The number of nitrogens with zero attached hydrogens (tertiary/aromatic N) is 1. The smallest absolute Gasteiger partial charge is 0.252 e. The molecule has 47 heavy (non-hydrogen) atoms. The summed E-state index contributed by atoms with van der Waals surface area (Å²) in [7, 11) is -3.83. The summed E-state index contributed by atoms with van der Waals surface area (Å²) in [5.74, 6) is -0.450. The molecule has 0 spiro atoms. The molecule has 2 aliphatic rings. The Morgan fingerprint density at radius 1 is 1.00 bits per heavy atom. The van der Waals surface area contributed by atoms with Crippen molar-refractivity contribution >= 4 is 38.9 Å². The van der Waals surface area contributed by atoms with Crippen LogP contribution in [0.1, 0.15) is 82.6 Å². The summed E-state index contributed by atoms with van der Waals surface area (Å²) in [6.45, 7) is 9.50. The Morgan fingerprint density at radius 2 is 1.66 bits per heavy atom. The topological polar surface area (TPSA) is 145 Å². The SMILES string of the molecule is CC(C)(C)NC(=O)[C@@H]1C[C@@H]2CCCC[C@@H]2CN1C[C@@H](O)[C@H](Cc1ccccc1)NC(=O)[C@@H](NC(=O)c1ccsc1)C(C)(C)S(C)(=O)=O. The molecule has 2 fully saturated rings. The summed E-state index contributed by atoms with van der Waals surface area (Å²) in [6, 6.07) is 8.32. The van der Waals surface area contributed by atoms with Crippen LogP contribution in [0.5, 0.6) is 0 Å². The number of thiophene rings is 1. The summed E-state index contributed by atoms with van der Waals surface area (Å²) in [4.78, 5) is 42.9. The lowest BCUT2D eigenvalue weighted by Crippen LogP contribution is -2.64. The van der Waals surface area contributed by atoms with Gasteiger partial charge in [-0.1, -0.05) is 49.6 Å². The van der Waals surface area contributed by atoms with E-state index < -0.39 is 56.2 Å². The number of nitrogens with one attached hydrogen (secondary N) is 3. The van der Waals surface area contributed by atoms with Gasteiger partial charge in [0.2, 0.25) is 11.8 Å². The number of rotatable bonds is 12. The van der Waals surface area contributed by atoms with Gasteiger partial charge < -0.3 is 21.1 Å². The van der Waals surface area contributed by atoms with Crippen LogP contribution in [0.2, 0.25) is 0 Å². The molecule has 1 aromatic carbocycles. The van der Waals surface area contributed by atoms with Crippen LogP contribution in [0.25, 0.3) is 0 Å². The minimum Gasteiger partial charge on any atom is -0.390 e. The Kier molecular flexibility index (Phi) is 12.0. The number of benzene rings is 1. The molecule has 4 rings (SSSR count). The highest BCUT2D eigenvalue weighted by Gasteiger charge is 2.46. The average molecular weight is 689 g/mol. The van der Waals surface area contributed by atoms with Crippen LogP contribution in [0.15, 0.2) is 47.2 Å². The van der Waals surface area contributed by atoms with Crippen molar-refractivity contribution in [1.29, 1.82) is 0 Å². The highest BCUT2D eigenvalue weighted by atomic mass is 32.2. The molecule has 1 saturated heterocycles. The highest BCUT2D eigenvalue weighted by Crippen LogP contribution is 2.39. The Labute approximate surface area is 284 Å². The van der Waals surface area contributed by atoms with Gasteiger partial charge in [0.25, 0.3) is 5.91 Å². The van der Waals surface area contributed by atoms with E-state index in [0.29, 0.717) is 30.4 Å². The highest BCUT2D eigenvalue weighted by molar-refractivity contribution is 7.92. The van der Waals surface area contributed by atoms with Crippen molar-refractivity contribution in [3.8, 4) is 0 Å². The maximum atomic E-state index is 14.1. The predicted octanol–water partition coefficient (Wildman–Crippen LogP) is 3.55. The lowest BCUT2D eigenvalue weighted by atomic mass is 9.72. The second-order valence-electron chi connectivity index (χ2n) is 14.9. The number of hydrogen-bond acceptors (Lipinski definition) is 8. The molecule has 1 aliphatic carbocycles. The molecule has 0 unspecified atom stereocenters. The third kappa shape index (κ3) is 9.64. The van der Waals surface area contributed by atoms with Gasteiger partial charge >= 0.3 is 0 Å². The molecule has 3 amide bonds. The molecule has 1 saturated carbocycles. The van der Waals surface area contributed by atoms with Crippen LogP contribution in [0.3, 0.4) is 0 Å². The van der Waals surface area contributed by atoms with E-state index in [2.05, 4.69) is 20.9 Å². The number of likely N-dealkylation sites (tertiary alicyclic amines) is 1. The van der Waals surface area contributed by atoms with E-state index in [4.69, 9.17) is 0 Å². The van der Waals surface area contributed by atoms with Gasteiger partial charge in [0, 0.05) is 30.3 Å². The van der Waals surface area contributed by atoms with Crippen molar-refractivity contribution in [3.05, 3.63) is 58.3 Å². The quantitative estimate of drug-likeness (QED) is 0.267. The fourth-order valence-corrected chi connectivity index (χ4v) is 8.02. The van der Waals surface area contributed by atoms with Crippen LogP contribution >= 0.6 is 11.3 Å². The Bertz CT molecular complexity index is 1470. The zero-order valence-corrected chi connectivity index (χ0v) is 30.1. The molecule has 0 bridgehead atoms. The third-order valence-corrected chi connectivity index (χ3v) is 12.6. The third-order valence-electron chi connectivity index (χ3n) is 9.79. The summed E-state index contributed by atoms with van der Waals surface area (Å²) in [6.07, 6.45) is 5.42. The Balaban J connectivity index is 1.62. The van der Waals surface area contributed by atoms with Gasteiger partial charge in [-0.05, 0) is 82.7 Å². The molecular weight excluding hydrogens is 637 g/mol. The molecule has 1 aliphatic heterocycles. The molecule has 4 N–H and O–H groups in total. The van der Waals surface area contributed by atoms with Crippen molar-refractivity contribution in [3.63, 3.8) is 0 Å². The molecule has 12 heteroatoms. The normalized spacial score (nSPS) is 22.7. The molecule has 2 heterocycles. The van der Waals surface area contributed by atoms with Gasteiger partial charge in [-0.3, -0.25) is 19.3 Å². The van der Waals surface area contributed by atoms with E-state index in [1.807, 2.05) is 51.1 Å². The molecule has 10 nitrogen and oxygen atoms in total. The van der Waals surface area contributed by atoms with E-state index in [0.717, 1.165) is 37.5 Å². The van der Waals surface area contributed by atoms with Gasteiger partial charge in [0.15, 0.2) is 9.84 Å². The number of carbonyl (C=O) groups is 3. The minimum atomic E-state index is -3.83. The molecule has 6 atom stereocenters. The molecular formula is C35H52N4O6S2. The predicted molar refractivity (Wildman–Crippen MR) is 186 cm³/mol. The monoisotopic (exact) mass is 688 g/mol. The standard InChI is InChI=1S/C35H52N4O6S2/c1-34(2,3)38-32(42)28-19-24-14-10-11-15-25(24)20-39(28)21-29(40)27(18-23-12-8-7-9-13-23)36-33(43)30(35(4,5)47(6,44)45)37-31(41)26-16-17-46-22-26/h7-9,12-13,16-17,22,24-25,27-30,40H,10-11,14-15,18-21H2,1-6H3,(H,36,43)(H,37,41)(H,38,42)/t24-,25+,27-,28-,29+,30+/m0/s1. The maximum absolute atomic E-state index is 14.1. The molecule has 260 valence electrons. The number of amides is 3. The lowest BCUT2D eigenvalue weighted by Gasteiger charge is -2.47. The number of aliphatic hydroxyl groups is 1. The fourth-order valence-electron chi connectivity index (χ4n) is 6.79. The number of carbonyl (C=O) groups excluding carboxylic acids is 3. The van der Waals surface area contributed by atoms with E-state index >= 15 is 0 Å². The van der Waals surface area contributed by atoms with Crippen LogP contribution < -0.4 is 16.0 Å². The van der Waals surface area contributed by atoms with E-state index in [-0.39, 0.29) is 18.9 Å². The number of aliphatic hydroxyl groups excluding tert-OH is 1. The van der Waals surface area contributed by atoms with Crippen molar-refractivity contribution in [2.45, 2.75) is 108 Å². The summed E-state index contributed by atoms with van der Waals surface area (Å²) >= 11 is 1.31. The first-order valence-corrected chi connectivity index (χ1v) is 19.4. The van der Waals surface area contributed by atoms with Crippen LogP contribution in [0, 0.1) is 11.8 Å². The second kappa shape index (κ2) is 15.2. The van der Waals surface area contributed by atoms with Gasteiger partial charge in [0.1, 0.15) is 6.04 Å². The molecule has 1 aromatic heterocycles. The first-order valence-electron chi connectivity index (χ1n) is 16.6. The van der Waals surface area contributed by atoms with Crippen LogP contribution in [0.4, 0.5) is 0 Å². The summed E-state index contributed by atoms with van der Waals surface area (Å²) in [5, 5.41) is 24.0. The Hall–Kier alpha value is -2.80. The van der Waals surface area contributed by atoms with E-state index in [1.54, 1.807) is 16.8 Å². The second-order valence-corrected chi connectivity index (χ2v) is 18.3. The first-order chi connectivity index (χ1) is 22.0. The van der Waals surface area contributed by atoms with Crippen LogP contribution in [-0.2, 0) is 25.8 Å². The van der Waals surface area contributed by atoms with Crippen LogP contribution in [-0.4, -0.2) is 90.0 Å². The number of β-amino-alcohol motifs (C(OH)–C–C–N with tert-alkyl or cyclic N) is 1. The largest absolute Gasteiger partial charge is 0.390 e. The zero-order valence-electron chi connectivity index (χ0n) is 28.5. The van der Waals surface area contributed by atoms with E-state index in [1.165, 1.54) is 25.2 Å². The average Bonchev–Trinajstić information content (AvgIpc) is 3.53. The van der Waals surface area contributed by atoms with Gasteiger partial charge in [-0.25, -0.2) is 8.42 Å². The summed E-state index contributed by atoms with van der Waals surface area (Å²) < 4.78 is 24.2. The zero-order chi connectivity index (χ0) is 34.6. The summed E-state index contributed by atoms with van der Waals surface area (Å²) in [5.41, 5.74) is 0.776. The number of piperidine rings is 1. The van der Waals surface area contributed by atoms with Crippen molar-refractivity contribution < 1.29 is 27.9 Å². The number of fused-ring (bicyclic) bond motifs is 1. The number of hydrogen-bond donors (Lipinski definition) is 4. The first kappa shape index (κ1) is 37.0. The maximum Gasteiger partial charge on any atom is 0.252 e. The Morgan fingerprint density at radius 3 is 2.26 bits per heavy atom. The fraction of sp³-hybridized carbons (Fsp3) is 0.629. The van der Waals surface area contributed by atoms with Crippen molar-refractivity contribution in [1.82, 2.24) is 20.9 Å². The molecule has 2 aromatic rings. The van der Waals surface area contributed by atoms with Gasteiger partial charge in [0.05, 0.1) is 28.5 Å². The lowest BCUT2D eigenvalue weighted by molar-refractivity contribution is -0.133.